The van der Waals surface area contributed by atoms with Crippen molar-refractivity contribution in [1.82, 2.24) is 9.55 Å². The predicted octanol–water partition coefficient (Wildman–Crippen LogP) is 4.13. The minimum Gasteiger partial charge on any atom is -0.507 e. The number of para-hydroxylation sites is 1. The third-order valence-electron chi connectivity index (χ3n) is 5.21. The largest absolute Gasteiger partial charge is 0.507 e. The van der Waals surface area contributed by atoms with E-state index in [-0.39, 0.29) is 11.3 Å². The summed E-state index contributed by atoms with van der Waals surface area (Å²) in [6, 6.07) is 18.6. The third kappa shape index (κ3) is 4.13. The van der Waals surface area contributed by atoms with Crippen molar-refractivity contribution in [3.05, 3.63) is 76.6 Å². The number of phenolic OH excluding ortho intramolecular Hbond substituents is 1. The van der Waals surface area contributed by atoms with E-state index in [1.165, 1.54) is 0 Å². The highest BCUT2D eigenvalue weighted by atomic mass is 16.5. The van der Waals surface area contributed by atoms with Gasteiger partial charge in [-0.2, -0.15) is 5.10 Å². The fourth-order valence-electron chi connectivity index (χ4n) is 3.57. The topological polar surface area (TPSA) is 88.7 Å². The third-order valence-corrected chi connectivity index (χ3v) is 5.21. The van der Waals surface area contributed by atoms with Crippen LogP contribution in [0.1, 0.15) is 18.9 Å². The average Bonchev–Trinajstić information content (AvgIpc) is 2.79. The molecule has 0 saturated carbocycles. The second-order valence-corrected chi connectivity index (χ2v) is 7.25. The van der Waals surface area contributed by atoms with Gasteiger partial charge in [-0.15, -0.1) is 0 Å². The molecule has 1 aromatic heterocycles. The number of nitrogens with zero attached hydrogens (tertiary/aromatic N) is 3. The average molecular weight is 416 g/mol. The number of ether oxygens (including phenoxy) is 1. The van der Waals surface area contributed by atoms with Crippen molar-refractivity contribution in [2.24, 2.45) is 5.10 Å². The summed E-state index contributed by atoms with van der Waals surface area (Å²) in [7, 11) is 1.63. The fraction of sp³-hybridized carbons (Fsp3) is 0.208. The van der Waals surface area contributed by atoms with Crippen LogP contribution >= 0.6 is 0 Å². The molecule has 0 spiro atoms. The SMILES string of the molecule is COCCCn1c(N/N=C(\C)c2ccc3ccccc3c2O)nc2ccccc2c1=O. The maximum absolute atomic E-state index is 13.0. The van der Waals surface area contributed by atoms with Gasteiger partial charge in [-0.25, -0.2) is 10.4 Å². The first-order chi connectivity index (χ1) is 15.1. The number of aromatic nitrogens is 2. The Morgan fingerprint density at radius 2 is 1.84 bits per heavy atom. The Labute approximate surface area is 179 Å². The van der Waals surface area contributed by atoms with Gasteiger partial charge in [-0.05, 0) is 36.9 Å². The highest BCUT2D eigenvalue weighted by Crippen LogP contribution is 2.29. The molecule has 31 heavy (non-hydrogen) atoms. The first-order valence-corrected chi connectivity index (χ1v) is 10.1. The van der Waals surface area contributed by atoms with E-state index in [0.717, 1.165) is 10.8 Å². The molecule has 0 unspecified atom stereocenters. The van der Waals surface area contributed by atoms with E-state index in [9.17, 15) is 9.90 Å². The lowest BCUT2D eigenvalue weighted by Gasteiger charge is -2.13. The van der Waals surface area contributed by atoms with Crippen LogP contribution in [-0.2, 0) is 11.3 Å². The monoisotopic (exact) mass is 416 g/mol. The normalized spacial score (nSPS) is 11.9. The maximum Gasteiger partial charge on any atom is 0.262 e. The summed E-state index contributed by atoms with van der Waals surface area (Å²) in [6.07, 6.45) is 0.666. The van der Waals surface area contributed by atoms with Crippen LogP contribution in [0, 0.1) is 0 Å². The van der Waals surface area contributed by atoms with Crippen LogP contribution in [0.2, 0.25) is 0 Å². The second kappa shape index (κ2) is 8.97. The van der Waals surface area contributed by atoms with Crippen molar-refractivity contribution in [2.75, 3.05) is 19.1 Å². The van der Waals surface area contributed by atoms with Crippen molar-refractivity contribution >= 4 is 33.3 Å². The van der Waals surface area contributed by atoms with Crippen molar-refractivity contribution in [1.29, 1.82) is 0 Å². The zero-order chi connectivity index (χ0) is 21.8. The number of benzene rings is 3. The Bertz CT molecular complexity index is 1330. The van der Waals surface area contributed by atoms with Crippen LogP contribution < -0.4 is 11.0 Å². The molecule has 0 aliphatic carbocycles. The molecule has 0 aliphatic rings. The lowest BCUT2D eigenvalue weighted by Crippen LogP contribution is -2.25. The van der Waals surface area contributed by atoms with Gasteiger partial charge in [0.2, 0.25) is 5.95 Å². The van der Waals surface area contributed by atoms with E-state index in [4.69, 9.17) is 4.74 Å². The fourth-order valence-corrected chi connectivity index (χ4v) is 3.57. The molecular formula is C24H24N4O3. The van der Waals surface area contributed by atoms with Crippen molar-refractivity contribution in [3.8, 4) is 5.75 Å². The van der Waals surface area contributed by atoms with E-state index in [1.807, 2.05) is 48.5 Å². The summed E-state index contributed by atoms with van der Waals surface area (Å²) < 4.78 is 6.69. The number of hydrogen-bond acceptors (Lipinski definition) is 6. The number of nitrogens with one attached hydrogen (secondary N) is 1. The Hall–Kier alpha value is -3.71. The number of hydrazone groups is 1. The number of methoxy groups -OCH3 is 1. The van der Waals surface area contributed by atoms with Gasteiger partial charge in [0.05, 0.1) is 16.6 Å². The van der Waals surface area contributed by atoms with Crippen molar-refractivity contribution < 1.29 is 9.84 Å². The van der Waals surface area contributed by atoms with Gasteiger partial charge in [0.1, 0.15) is 5.75 Å². The number of phenols is 1. The van der Waals surface area contributed by atoms with Crippen molar-refractivity contribution in [3.63, 3.8) is 0 Å². The predicted molar refractivity (Wildman–Crippen MR) is 124 cm³/mol. The summed E-state index contributed by atoms with van der Waals surface area (Å²) in [5.74, 6) is 0.518. The van der Waals surface area contributed by atoms with Crippen LogP contribution in [0.3, 0.4) is 0 Å². The van der Waals surface area contributed by atoms with Gasteiger partial charge in [0.25, 0.3) is 5.56 Å². The van der Waals surface area contributed by atoms with E-state index >= 15 is 0 Å². The molecular weight excluding hydrogens is 392 g/mol. The number of aromatic hydroxyl groups is 1. The summed E-state index contributed by atoms with van der Waals surface area (Å²) in [5, 5.41) is 17.4. The Balaban J connectivity index is 1.72. The minimum absolute atomic E-state index is 0.134. The van der Waals surface area contributed by atoms with E-state index in [1.54, 1.807) is 30.7 Å². The van der Waals surface area contributed by atoms with Gasteiger partial charge in [-0.3, -0.25) is 9.36 Å². The molecule has 1 heterocycles. The quantitative estimate of drug-likeness (QED) is 0.269. The van der Waals surface area contributed by atoms with Gasteiger partial charge in [-0.1, -0.05) is 42.5 Å². The first kappa shape index (κ1) is 20.6. The Kier molecular flexibility index (Phi) is 5.95. The zero-order valence-corrected chi connectivity index (χ0v) is 17.5. The van der Waals surface area contributed by atoms with Crippen LogP contribution in [0.4, 0.5) is 5.95 Å². The van der Waals surface area contributed by atoms with Gasteiger partial charge >= 0.3 is 0 Å². The molecule has 158 valence electrons. The van der Waals surface area contributed by atoms with Gasteiger partial charge in [0.15, 0.2) is 0 Å². The van der Waals surface area contributed by atoms with Crippen LogP contribution in [-0.4, -0.2) is 34.1 Å². The summed E-state index contributed by atoms with van der Waals surface area (Å²) in [4.78, 5) is 17.6. The minimum atomic E-state index is -0.134. The van der Waals surface area contributed by atoms with Crippen LogP contribution in [0.25, 0.3) is 21.7 Å². The number of fused-ring (bicyclic) bond motifs is 2. The summed E-state index contributed by atoms with van der Waals surface area (Å²) in [6.45, 7) is 2.78. The molecule has 4 rings (SSSR count). The molecule has 0 radical (unpaired) electrons. The highest BCUT2D eigenvalue weighted by Gasteiger charge is 2.12. The molecule has 4 aromatic rings. The zero-order valence-electron chi connectivity index (χ0n) is 17.5. The number of anilines is 1. The molecule has 0 aliphatic heterocycles. The molecule has 3 aromatic carbocycles. The molecule has 0 amide bonds. The summed E-state index contributed by atoms with van der Waals surface area (Å²) in [5.41, 5.74) is 4.59. The molecule has 0 atom stereocenters. The van der Waals surface area contributed by atoms with E-state index < -0.39 is 0 Å². The smallest absolute Gasteiger partial charge is 0.262 e. The van der Waals surface area contributed by atoms with E-state index in [2.05, 4.69) is 15.5 Å². The summed E-state index contributed by atoms with van der Waals surface area (Å²) >= 11 is 0. The van der Waals surface area contributed by atoms with Crippen LogP contribution in [0.15, 0.2) is 70.6 Å². The molecule has 2 N–H and O–H groups in total. The number of rotatable bonds is 7. The first-order valence-electron chi connectivity index (χ1n) is 10.1. The maximum atomic E-state index is 13.0. The van der Waals surface area contributed by atoms with E-state index in [0.29, 0.717) is 47.7 Å². The molecule has 7 nitrogen and oxygen atoms in total. The lowest BCUT2D eigenvalue weighted by atomic mass is 10.0. The number of hydrogen-bond donors (Lipinski definition) is 2. The molecule has 7 heteroatoms. The van der Waals surface area contributed by atoms with Crippen LogP contribution in [0.5, 0.6) is 5.75 Å². The standard InChI is InChI=1S/C24H24N4O3/c1-16(18-13-12-17-8-3-4-9-19(17)22(18)29)26-27-24-25-21-11-6-5-10-20(21)23(30)28(24)14-7-15-31-2/h3-6,8-13,29H,7,14-15H2,1-2H3,(H,25,27)/b26-16+. The molecule has 0 bridgehead atoms. The second-order valence-electron chi connectivity index (χ2n) is 7.25. The van der Waals surface area contributed by atoms with Gasteiger partial charge in [0, 0.05) is 31.2 Å². The lowest BCUT2D eigenvalue weighted by molar-refractivity contribution is 0.190. The Morgan fingerprint density at radius 3 is 2.65 bits per heavy atom. The molecule has 0 saturated heterocycles. The van der Waals surface area contributed by atoms with Gasteiger partial charge < -0.3 is 9.84 Å². The van der Waals surface area contributed by atoms with Crippen molar-refractivity contribution in [2.45, 2.75) is 19.9 Å². The highest BCUT2D eigenvalue weighted by molar-refractivity contribution is 6.06. The Morgan fingerprint density at radius 1 is 1.10 bits per heavy atom. The molecule has 0 fully saturated rings.